The Morgan fingerprint density at radius 1 is 0.889 bits per heavy atom. The maximum Gasteiger partial charge on any atom is 0.318 e. The van der Waals surface area contributed by atoms with Gasteiger partial charge in [-0.25, -0.2) is 4.79 Å². The Morgan fingerprint density at radius 3 is 2.19 bits per heavy atom. The molecule has 6 heteroatoms. The van der Waals surface area contributed by atoms with Crippen LogP contribution in [-0.4, -0.2) is 24.8 Å². The number of carbonyl (C=O) groups excluding carboxylic acids is 3. The number of hydrogen-bond donors (Lipinski definition) is 3. The second kappa shape index (κ2) is 10.1. The zero-order valence-corrected chi connectivity index (χ0v) is 15.7. The van der Waals surface area contributed by atoms with E-state index in [-0.39, 0.29) is 30.6 Å². The molecule has 0 radical (unpaired) electrons. The summed E-state index contributed by atoms with van der Waals surface area (Å²) in [7, 11) is 1.52. The maximum absolute atomic E-state index is 12.2. The van der Waals surface area contributed by atoms with Crippen molar-refractivity contribution < 1.29 is 14.4 Å². The van der Waals surface area contributed by atoms with E-state index in [0.717, 1.165) is 12.8 Å². The third-order valence-electron chi connectivity index (χ3n) is 4.02. The number of ketones is 1. The number of benzene rings is 2. The minimum absolute atomic E-state index is 0.0526. The predicted octanol–water partition coefficient (Wildman–Crippen LogP) is 3.99. The van der Waals surface area contributed by atoms with Crippen molar-refractivity contribution in [1.82, 2.24) is 5.32 Å². The van der Waals surface area contributed by atoms with Crippen LogP contribution in [0, 0.1) is 0 Å². The molecule has 2 aromatic carbocycles. The van der Waals surface area contributed by atoms with Crippen LogP contribution in [0.25, 0.3) is 0 Å². The topological polar surface area (TPSA) is 87.3 Å². The summed E-state index contributed by atoms with van der Waals surface area (Å²) in [4.78, 5) is 35.7. The average molecular weight is 367 g/mol. The highest BCUT2D eigenvalue weighted by molar-refractivity contribution is 6.00. The molecule has 2 aromatic rings. The molecular formula is C21H25N3O3. The molecule has 0 saturated carbocycles. The second-order valence-electron chi connectivity index (χ2n) is 6.20. The monoisotopic (exact) mass is 367 g/mol. The zero-order valence-electron chi connectivity index (χ0n) is 15.7. The van der Waals surface area contributed by atoms with Gasteiger partial charge in [0.1, 0.15) is 0 Å². The highest BCUT2D eigenvalue weighted by Crippen LogP contribution is 2.16. The highest BCUT2D eigenvalue weighted by atomic mass is 16.2. The predicted molar refractivity (Wildman–Crippen MR) is 107 cm³/mol. The molecule has 0 bridgehead atoms. The van der Waals surface area contributed by atoms with Gasteiger partial charge in [-0.1, -0.05) is 43.7 Å². The Morgan fingerprint density at radius 2 is 1.56 bits per heavy atom. The first-order chi connectivity index (χ1) is 13.0. The average Bonchev–Trinajstić information content (AvgIpc) is 2.67. The van der Waals surface area contributed by atoms with E-state index in [9.17, 15) is 14.4 Å². The molecule has 3 N–H and O–H groups in total. The van der Waals surface area contributed by atoms with Crippen LogP contribution < -0.4 is 16.0 Å². The summed E-state index contributed by atoms with van der Waals surface area (Å²) in [5.41, 5.74) is 2.96. The van der Waals surface area contributed by atoms with E-state index in [0.29, 0.717) is 16.9 Å². The number of amides is 3. The van der Waals surface area contributed by atoms with Crippen LogP contribution in [-0.2, 0) is 11.2 Å². The number of carbonyl (C=O) groups is 3. The largest absolute Gasteiger partial charge is 0.341 e. The van der Waals surface area contributed by atoms with E-state index in [1.165, 1.54) is 12.6 Å². The van der Waals surface area contributed by atoms with Crippen LogP contribution in [0.4, 0.5) is 16.2 Å². The number of Topliss-reactive ketones (excluding diaryl/α,β-unsaturated/α-hetero) is 1. The molecule has 0 fully saturated rings. The number of aryl methyl sites for hydroxylation is 1. The summed E-state index contributed by atoms with van der Waals surface area (Å²) in [5, 5.41) is 7.84. The number of rotatable bonds is 8. The first-order valence-electron chi connectivity index (χ1n) is 9.02. The van der Waals surface area contributed by atoms with Gasteiger partial charge in [0.25, 0.3) is 0 Å². The van der Waals surface area contributed by atoms with E-state index in [4.69, 9.17) is 0 Å². The van der Waals surface area contributed by atoms with Crippen molar-refractivity contribution in [3.05, 3.63) is 59.7 Å². The number of anilines is 2. The third kappa shape index (κ3) is 6.58. The Hall–Kier alpha value is -3.15. The van der Waals surface area contributed by atoms with Gasteiger partial charge >= 0.3 is 6.03 Å². The molecule has 0 saturated heterocycles. The summed E-state index contributed by atoms with van der Waals surface area (Å²) in [6.07, 6.45) is 2.30. The van der Waals surface area contributed by atoms with Crippen LogP contribution in [0.2, 0.25) is 0 Å². The normalized spacial score (nSPS) is 10.1. The summed E-state index contributed by atoms with van der Waals surface area (Å²) in [6, 6.07) is 14.0. The fourth-order valence-electron chi connectivity index (χ4n) is 2.61. The molecule has 0 heterocycles. The molecular weight excluding hydrogens is 342 g/mol. The molecule has 2 rings (SSSR count). The lowest BCUT2D eigenvalue weighted by Gasteiger charge is -2.08. The van der Waals surface area contributed by atoms with Crippen molar-refractivity contribution in [2.24, 2.45) is 0 Å². The molecule has 142 valence electrons. The fourth-order valence-corrected chi connectivity index (χ4v) is 2.61. The van der Waals surface area contributed by atoms with Crippen LogP contribution >= 0.6 is 0 Å². The summed E-state index contributed by atoms with van der Waals surface area (Å²) in [6.45, 7) is 2.11. The van der Waals surface area contributed by atoms with Gasteiger partial charge in [-0.2, -0.15) is 0 Å². The molecule has 3 amide bonds. The molecule has 0 aromatic heterocycles. The van der Waals surface area contributed by atoms with Gasteiger partial charge in [0.05, 0.1) is 0 Å². The fraction of sp³-hybridized carbons (Fsp3) is 0.286. The van der Waals surface area contributed by atoms with Crippen molar-refractivity contribution in [3.63, 3.8) is 0 Å². The van der Waals surface area contributed by atoms with Gasteiger partial charge in [0.2, 0.25) is 5.91 Å². The summed E-state index contributed by atoms with van der Waals surface area (Å²) >= 11 is 0. The summed E-state index contributed by atoms with van der Waals surface area (Å²) < 4.78 is 0. The van der Waals surface area contributed by atoms with Crippen molar-refractivity contribution >= 4 is 29.1 Å². The highest BCUT2D eigenvalue weighted by Gasteiger charge is 2.10. The Balaban J connectivity index is 1.86. The zero-order chi connectivity index (χ0) is 19.6. The van der Waals surface area contributed by atoms with Gasteiger partial charge in [0, 0.05) is 36.8 Å². The van der Waals surface area contributed by atoms with Crippen LogP contribution in [0.5, 0.6) is 0 Å². The smallest absolute Gasteiger partial charge is 0.318 e. The third-order valence-corrected chi connectivity index (χ3v) is 4.02. The van der Waals surface area contributed by atoms with Crippen LogP contribution in [0.15, 0.2) is 48.5 Å². The van der Waals surface area contributed by atoms with E-state index < -0.39 is 0 Å². The molecule has 0 unspecified atom stereocenters. The maximum atomic E-state index is 12.2. The first-order valence-corrected chi connectivity index (χ1v) is 9.02. The lowest BCUT2D eigenvalue weighted by atomic mass is 10.0. The Kier molecular flexibility index (Phi) is 7.55. The summed E-state index contributed by atoms with van der Waals surface area (Å²) in [5.74, 6) is -0.300. The lowest BCUT2D eigenvalue weighted by molar-refractivity contribution is -0.116. The van der Waals surface area contributed by atoms with Gasteiger partial charge in [-0.15, -0.1) is 0 Å². The molecule has 6 nitrogen and oxygen atoms in total. The van der Waals surface area contributed by atoms with Crippen molar-refractivity contribution in [3.8, 4) is 0 Å². The van der Waals surface area contributed by atoms with Gasteiger partial charge < -0.3 is 16.0 Å². The molecule has 0 atom stereocenters. The van der Waals surface area contributed by atoms with Crippen molar-refractivity contribution in [2.75, 3.05) is 17.7 Å². The van der Waals surface area contributed by atoms with E-state index in [1.54, 1.807) is 24.3 Å². The molecule has 0 aliphatic rings. The Labute approximate surface area is 159 Å². The SMILES string of the molecule is CCCc1ccc(C(=O)CCC(=O)Nc2cccc(NC(=O)NC)c2)cc1. The van der Waals surface area contributed by atoms with Gasteiger partial charge in [-0.05, 0) is 30.2 Å². The van der Waals surface area contributed by atoms with Crippen molar-refractivity contribution in [1.29, 1.82) is 0 Å². The standard InChI is InChI=1S/C21H25N3O3/c1-3-5-15-8-10-16(11-9-15)19(25)12-13-20(26)23-17-6-4-7-18(14-17)24-21(27)22-2/h4,6-11,14H,3,5,12-13H2,1-2H3,(H,23,26)(H2,22,24,27). The molecule has 0 spiro atoms. The molecule has 0 aliphatic heterocycles. The number of nitrogens with one attached hydrogen (secondary N) is 3. The Bertz CT molecular complexity index is 801. The van der Waals surface area contributed by atoms with Gasteiger partial charge in [-0.3, -0.25) is 9.59 Å². The van der Waals surface area contributed by atoms with E-state index >= 15 is 0 Å². The minimum atomic E-state index is -0.339. The minimum Gasteiger partial charge on any atom is -0.341 e. The number of hydrogen-bond acceptors (Lipinski definition) is 3. The van der Waals surface area contributed by atoms with E-state index in [2.05, 4.69) is 22.9 Å². The quantitative estimate of drug-likeness (QED) is 0.617. The van der Waals surface area contributed by atoms with Crippen molar-refractivity contribution in [2.45, 2.75) is 32.6 Å². The second-order valence-corrected chi connectivity index (χ2v) is 6.20. The number of urea groups is 1. The van der Waals surface area contributed by atoms with Crippen LogP contribution in [0.1, 0.15) is 42.1 Å². The molecule has 27 heavy (non-hydrogen) atoms. The first kappa shape index (κ1) is 20.2. The molecule has 0 aliphatic carbocycles. The van der Waals surface area contributed by atoms with Gasteiger partial charge in [0.15, 0.2) is 5.78 Å². The lowest BCUT2D eigenvalue weighted by Crippen LogP contribution is -2.24. The van der Waals surface area contributed by atoms with E-state index in [1.807, 2.05) is 24.3 Å². The van der Waals surface area contributed by atoms with Crippen LogP contribution in [0.3, 0.4) is 0 Å².